The maximum atomic E-state index is 13.2. The highest BCUT2D eigenvalue weighted by Crippen LogP contribution is 2.25. The molecule has 7 heteroatoms. The van der Waals surface area contributed by atoms with Gasteiger partial charge in [0.25, 0.3) is 5.91 Å². The number of nitrogens with zero attached hydrogens (tertiary/aromatic N) is 3. The SMILES string of the molecule is Cc1ccc2nc(C)cc(C(=O)N3CCC(C(=O)Nc4nc(C)cs4)CC3)c2c1. The molecule has 1 saturated heterocycles. The number of piperidine rings is 1. The van der Waals surface area contributed by atoms with Gasteiger partial charge in [-0.15, -0.1) is 11.3 Å². The number of benzene rings is 1. The number of aryl methyl sites for hydroxylation is 3. The molecule has 1 N–H and O–H groups in total. The number of aromatic nitrogens is 2. The number of carbonyl (C=O) groups is 2. The van der Waals surface area contributed by atoms with Gasteiger partial charge >= 0.3 is 0 Å². The summed E-state index contributed by atoms with van der Waals surface area (Å²) in [5.41, 5.74) is 4.37. The van der Waals surface area contributed by atoms with Gasteiger partial charge < -0.3 is 10.2 Å². The summed E-state index contributed by atoms with van der Waals surface area (Å²) in [4.78, 5) is 36.5. The summed E-state index contributed by atoms with van der Waals surface area (Å²) in [6, 6.07) is 7.86. The average molecular weight is 409 g/mol. The van der Waals surface area contributed by atoms with Gasteiger partial charge in [-0.3, -0.25) is 14.6 Å². The molecule has 150 valence electrons. The number of carbonyl (C=O) groups excluding carboxylic acids is 2. The molecule has 0 saturated carbocycles. The molecule has 1 aliphatic heterocycles. The van der Waals surface area contributed by atoms with Crippen molar-refractivity contribution in [2.45, 2.75) is 33.6 Å². The maximum Gasteiger partial charge on any atom is 0.254 e. The lowest BCUT2D eigenvalue weighted by Gasteiger charge is -2.31. The van der Waals surface area contributed by atoms with Gasteiger partial charge in [0, 0.05) is 35.5 Å². The number of pyridine rings is 1. The van der Waals surface area contributed by atoms with Crippen molar-refractivity contribution in [2.75, 3.05) is 18.4 Å². The number of fused-ring (bicyclic) bond motifs is 1. The molecule has 2 aromatic heterocycles. The Kier molecular flexibility index (Phi) is 5.32. The molecule has 3 aromatic rings. The predicted octanol–water partition coefficient (Wildman–Crippen LogP) is 4.11. The Labute approximate surface area is 174 Å². The van der Waals surface area contributed by atoms with E-state index in [0.29, 0.717) is 36.6 Å². The van der Waals surface area contributed by atoms with Gasteiger partial charge in [0.15, 0.2) is 5.13 Å². The molecule has 2 amide bonds. The number of likely N-dealkylation sites (tertiary alicyclic amines) is 1. The number of hydrogen-bond donors (Lipinski definition) is 1. The molecule has 1 aliphatic rings. The predicted molar refractivity (Wildman–Crippen MR) is 115 cm³/mol. The quantitative estimate of drug-likeness (QED) is 0.708. The van der Waals surface area contributed by atoms with E-state index >= 15 is 0 Å². The van der Waals surface area contributed by atoms with Crippen LogP contribution in [0.25, 0.3) is 10.9 Å². The van der Waals surface area contributed by atoms with Crippen molar-refractivity contribution in [1.29, 1.82) is 0 Å². The molecule has 0 bridgehead atoms. The number of nitrogens with one attached hydrogen (secondary N) is 1. The van der Waals surface area contributed by atoms with Gasteiger partial charge in [0.1, 0.15) is 0 Å². The monoisotopic (exact) mass is 408 g/mol. The Morgan fingerprint density at radius 2 is 1.83 bits per heavy atom. The van der Waals surface area contributed by atoms with E-state index in [-0.39, 0.29) is 17.7 Å². The molecule has 0 spiro atoms. The third kappa shape index (κ3) is 4.15. The summed E-state index contributed by atoms with van der Waals surface area (Å²) >= 11 is 1.43. The third-order valence-corrected chi connectivity index (χ3v) is 6.20. The van der Waals surface area contributed by atoms with Crippen LogP contribution in [0.5, 0.6) is 0 Å². The van der Waals surface area contributed by atoms with Crippen molar-refractivity contribution in [3.05, 3.63) is 52.2 Å². The average Bonchev–Trinajstić information content (AvgIpc) is 3.12. The van der Waals surface area contributed by atoms with Crippen LogP contribution in [0, 0.1) is 26.7 Å². The number of rotatable bonds is 3. The smallest absolute Gasteiger partial charge is 0.254 e. The number of amides is 2. The van der Waals surface area contributed by atoms with Gasteiger partial charge in [-0.05, 0) is 51.8 Å². The van der Waals surface area contributed by atoms with Crippen LogP contribution < -0.4 is 5.32 Å². The first-order valence-electron chi connectivity index (χ1n) is 9.81. The molecule has 3 heterocycles. The molecule has 1 fully saturated rings. The normalized spacial score (nSPS) is 14.9. The minimum absolute atomic E-state index is 0.00715. The van der Waals surface area contributed by atoms with Crippen LogP contribution in [0.3, 0.4) is 0 Å². The summed E-state index contributed by atoms with van der Waals surface area (Å²) < 4.78 is 0. The lowest BCUT2D eigenvalue weighted by Crippen LogP contribution is -2.41. The van der Waals surface area contributed by atoms with Crippen molar-refractivity contribution in [1.82, 2.24) is 14.9 Å². The minimum Gasteiger partial charge on any atom is -0.339 e. The molecule has 0 aliphatic carbocycles. The third-order valence-electron chi connectivity index (χ3n) is 5.32. The van der Waals surface area contributed by atoms with Crippen molar-refractivity contribution < 1.29 is 9.59 Å². The molecule has 0 unspecified atom stereocenters. The summed E-state index contributed by atoms with van der Waals surface area (Å²) in [5, 5.41) is 6.35. The van der Waals surface area contributed by atoms with E-state index in [9.17, 15) is 9.59 Å². The lowest BCUT2D eigenvalue weighted by molar-refractivity contribution is -0.121. The van der Waals surface area contributed by atoms with E-state index in [2.05, 4.69) is 15.3 Å². The largest absolute Gasteiger partial charge is 0.339 e. The molecular weight excluding hydrogens is 384 g/mol. The molecule has 29 heavy (non-hydrogen) atoms. The topological polar surface area (TPSA) is 75.2 Å². The number of hydrogen-bond acceptors (Lipinski definition) is 5. The van der Waals surface area contributed by atoms with E-state index in [1.807, 2.05) is 55.3 Å². The van der Waals surface area contributed by atoms with Crippen LogP contribution in [-0.4, -0.2) is 39.8 Å². The molecule has 0 atom stereocenters. The zero-order valence-electron chi connectivity index (χ0n) is 16.9. The Balaban J connectivity index is 1.46. The van der Waals surface area contributed by atoms with Crippen LogP contribution in [-0.2, 0) is 4.79 Å². The summed E-state index contributed by atoms with van der Waals surface area (Å²) in [7, 11) is 0. The van der Waals surface area contributed by atoms with Gasteiger partial charge in [0.05, 0.1) is 16.8 Å². The van der Waals surface area contributed by atoms with Crippen LogP contribution in [0.1, 0.15) is 40.2 Å². The fourth-order valence-electron chi connectivity index (χ4n) is 3.78. The van der Waals surface area contributed by atoms with Crippen molar-refractivity contribution in [3.63, 3.8) is 0 Å². The van der Waals surface area contributed by atoms with Crippen LogP contribution in [0.2, 0.25) is 0 Å². The van der Waals surface area contributed by atoms with Crippen LogP contribution >= 0.6 is 11.3 Å². The van der Waals surface area contributed by atoms with Gasteiger partial charge in [0.2, 0.25) is 5.91 Å². The number of thiazole rings is 1. The first-order chi connectivity index (χ1) is 13.9. The zero-order chi connectivity index (χ0) is 20.5. The molecule has 1 aromatic carbocycles. The first-order valence-corrected chi connectivity index (χ1v) is 10.7. The van der Waals surface area contributed by atoms with Gasteiger partial charge in [-0.1, -0.05) is 11.6 Å². The molecule has 0 radical (unpaired) electrons. The van der Waals surface area contributed by atoms with Crippen LogP contribution in [0.15, 0.2) is 29.6 Å². The molecular formula is C22H24N4O2S. The lowest BCUT2D eigenvalue weighted by atomic mass is 9.95. The highest BCUT2D eigenvalue weighted by molar-refractivity contribution is 7.13. The highest BCUT2D eigenvalue weighted by atomic mass is 32.1. The van der Waals surface area contributed by atoms with E-state index in [1.54, 1.807) is 0 Å². The highest BCUT2D eigenvalue weighted by Gasteiger charge is 2.29. The summed E-state index contributed by atoms with van der Waals surface area (Å²) in [5.74, 6) is -0.0887. The second kappa shape index (κ2) is 7.91. The molecule has 6 nitrogen and oxygen atoms in total. The van der Waals surface area contributed by atoms with Crippen molar-refractivity contribution in [2.24, 2.45) is 5.92 Å². The standard InChI is InChI=1S/C22H24N4O2S/c1-13-4-5-19-17(10-13)18(11-14(2)23-19)21(28)26-8-6-16(7-9-26)20(27)25-22-24-15(3)12-29-22/h4-5,10-12,16H,6-9H2,1-3H3,(H,24,25,27). The Bertz CT molecular complexity index is 1080. The zero-order valence-corrected chi connectivity index (χ0v) is 17.7. The van der Waals surface area contributed by atoms with Crippen molar-refractivity contribution >= 4 is 39.2 Å². The maximum absolute atomic E-state index is 13.2. The minimum atomic E-state index is -0.0959. The van der Waals surface area contributed by atoms with E-state index in [0.717, 1.165) is 27.9 Å². The van der Waals surface area contributed by atoms with Gasteiger partial charge in [-0.2, -0.15) is 0 Å². The van der Waals surface area contributed by atoms with E-state index < -0.39 is 0 Å². The van der Waals surface area contributed by atoms with Crippen molar-refractivity contribution in [3.8, 4) is 0 Å². The summed E-state index contributed by atoms with van der Waals surface area (Å²) in [6.07, 6.45) is 1.31. The second-order valence-electron chi connectivity index (χ2n) is 7.68. The number of anilines is 1. The fourth-order valence-corrected chi connectivity index (χ4v) is 4.47. The first kappa shape index (κ1) is 19.5. The fraction of sp³-hybridized carbons (Fsp3) is 0.364. The molecule has 4 rings (SSSR count). The Morgan fingerprint density at radius 1 is 1.07 bits per heavy atom. The van der Waals surface area contributed by atoms with E-state index in [4.69, 9.17) is 0 Å². The second-order valence-corrected chi connectivity index (χ2v) is 8.54. The summed E-state index contributed by atoms with van der Waals surface area (Å²) in [6.45, 7) is 6.97. The Morgan fingerprint density at radius 3 is 2.52 bits per heavy atom. The van der Waals surface area contributed by atoms with Crippen LogP contribution in [0.4, 0.5) is 5.13 Å². The Hall–Kier alpha value is -2.80. The van der Waals surface area contributed by atoms with Gasteiger partial charge in [-0.25, -0.2) is 4.98 Å². The van der Waals surface area contributed by atoms with E-state index in [1.165, 1.54) is 11.3 Å².